The van der Waals surface area contributed by atoms with Crippen molar-refractivity contribution in [3.8, 4) is 5.69 Å². The molecule has 0 spiro atoms. The molecule has 3 nitrogen and oxygen atoms in total. The summed E-state index contributed by atoms with van der Waals surface area (Å²) in [6, 6.07) is 9.47. The Balaban J connectivity index is 2.49. The Kier molecular flexibility index (Phi) is 2.41. The topological polar surface area (TPSA) is 29.9 Å². The van der Waals surface area contributed by atoms with Crippen molar-refractivity contribution in [1.82, 2.24) is 9.78 Å². The number of halogens is 1. The van der Waals surface area contributed by atoms with Gasteiger partial charge in [-0.2, -0.15) is 5.10 Å². The number of hydrogen-bond donors (Lipinski definition) is 1. The van der Waals surface area contributed by atoms with Crippen molar-refractivity contribution in [2.45, 2.75) is 0 Å². The van der Waals surface area contributed by atoms with Crippen LogP contribution in [0.25, 0.3) is 5.69 Å². The molecular formula is C10H10ClN3. The Morgan fingerprint density at radius 2 is 2.21 bits per heavy atom. The van der Waals surface area contributed by atoms with E-state index in [0.29, 0.717) is 5.02 Å². The first-order valence-electron chi connectivity index (χ1n) is 4.29. The Morgan fingerprint density at radius 3 is 2.93 bits per heavy atom. The molecule has 0 radical (unpaired) electrons. The molecule has 0 aliphatic heterocycles. The first-order chi connectivity index (χ1) is 6.81. The van der Waals surface area contributed by atoms with Gasteiger partial charge in [0.15, 0.2) is 0 Å². The summed E-state index contributed by atoms with van der Waals surface area (Å²) in [5, 5.41) is 7.95. The summed E-state index contributed by atoms with van der Waals surface area (Å²) in [5.41, 5.74) is 0.951. The van der Waals surface area contributed by atoms with Crippen LogP contribution in [0.4, 0.5) is 5.82 Å². The quantitative estimate of drug-likeness (QED) is 0.821. The second kappa shape index (κ2) is 3.72. The predicted molar refractivity (Wildman–Crippen MR) is 58.1 cm³/mol. The number of aromatic nitrogens is 2. The smallest absolute Gasteiger partial charge is 0.129 e. The molecule has 1 aromatic carbocycles. The van der Waals surface area contributed by atoms with Gasteiger partial charge < -0.3 is 5.32 Å². The number of nitrogens with zero attached hydrogens (tertiary/aromatic N) is 2. The van der Waals surface area contributed by atoms with E-state index in [1.165, 1.54) is 0 Å². The summed E-state index contributed by atoms with van der Waals surface area (Å²) >= 11 is 5.90. The van der Waals surface area contributed by atoms with Gasteiger partial charge in [-0.1, -0.05) is 17.7 Å². The molecule has 1 N–H and O–H groups in total. The van der Waals surface area contributed by atoms with E-state index in [1.54, 1.807) is 10.9 Å². The molecule has 0 aliphatic carbocycles. The lowest BCUT2D eigenvalue weighted by molar-refractivity contribution is 0.885. The number of anilines is 1. The summed E-state index contributed by atoms with van der Waals surface area (Å²) in [7, 11) is 1.86. The van der Waals surface area contributed by atoms with Crippen LogP contribution in [0.2, 0.25) is 5.02 Å². The molecule has 0 unspecified atom stereocenters. The first kappa shape index (κ1) is 9.09. The van der Waals surface area contributed by atoms with Crippen LogP contribution in [-0.2, 0) is 0 Å². The third kappa shape index (κ3) is 1.59. The fourth-order valence-corrected chi connectivity index (χ4v) is 1.49. The molecule has 72 valence electrons. The molecule has 4 heteroatoms. The van der Waals surface area contributed by atoms with Gasteiger partial charge >= 0.3 is 0 Å². The second-order valence-electron chi connectivity index (χ2n) is 2.86. The van der Waals surface area contributed by atoms with Gasteiger partial charge in [-0.3, -0.25) is 0 Å². The Morgan fingerprint density at radius 1 is 1.36 bits per heavy atom. The van der Waals surface area contributed by atoms with Crippen LogP contribution >= 0.6 is 11.6 Å². The van der Waals surface area contributed by atoms with Gasteiger partial charge in [-0.15, -0.1) is 0 Å². The molecular weight excluding hydrogens is 198 g/mol. The summed E-state index contributed by atoms with van der Waals surface area (Å²) in [6.07, 6.45) is 1.74. The molecule has 2 rings (SSSR count). The summed E-state index contributed by atoms with van der Waals surface area (Å²) < 4.78 is 1.80. The van der Waals surface area contributed by atoms with Gasteiger partial charge in [0.1, 0.15) is 5.82 Å². The summed E-state index contributed by atoms with van der Waals surface area (Å²) in [5.74, 6) is 0.937. The molecule has 2 aromatic rings. The zero-order valence-electron chi connectivity index (χ0n) is 7.74. The predicted octanol–water partition coefficient (Wildman–Crippen LogP) is 2.57. The largest absolute Gasteiger partial charge is 0.373 e. The van der Waals surface area contributed by atoms with Gasteiger partial charge in [0.05, 0.1) is 11.9 Å². The summed E-state index contributed by atoms with van der Waals surface area (Å²) in [4.78, 5) is 0. The molecule has 0 fully saturated rings. The molecule has 0 bridgehead atoms. The van der Waals surface area contributed by atoms with Gasteiger partial charge in [0.25, 0.3) is 0 Å². The Labute approximate surface area is 87.3 Å². The summed E-state index contributed by atoms with van der Waals surface area (Å²) in [6.45, 7) is 0. The molecule has 0 amide bonds. The van der Waals surface area contributed by atoms with E-state index >= 15 is 0 Å². The minimum atomic E-state index is 0.708. The van der Waals surface area contributed by atoms with Gasteiger partial charge in [-0.05, 0) is 18.2 Å². The van der Waals surface area contributed by atoms with Crippen molar-refractivity contribution in [1.29, 1.82) is 0 Å². The van der Waals surface area contributed by atoms with E-state index in [9.17, 15) is 0 Å². The average molecular weight is 208 g/mol. The van der Waals surface area contributed by atoms with Crippen LogP contribution in [0.5, 0.6) is 0 Å². The highest BCUT2D eigenvalue weighted by atomic mass is 35.5. The zero-order valence-corrected chi connectivity index (χ0v) is 8.49. The van der Waals surface area contributed by atoms with Crippen LogP contribution in [0.1, 0.15) is 0 Å². The lowest BCUT2D eigenvalue weighted by Crippen LogP contribution is -2.01. The third-order valence-electron chi connectivity index (χ3n) is 1.95. The minimum absolute atomic E-state index is 0.708. The van der Waals surface area contributed by atoms with Crippen LogP contribution in [0.3, 0.4) is 0 Å². The van der Waals surface area contributed by atoms with Crippen molar-refractivity contribution in [3.05, 3.63) is 41.6 Å². The normalized spacial score (nSPS) is 10.1. The Bertz CT molecular complexity index is 436. The van der Waals surface area contributed by atoms with Crippen molar-refractivity contribution in [2.75, 3.05) is 12.4 Å². The third-order valence-corrected chi connectivity index (χ3v) is 2.19. The first-order valence-corrected chi connectivity index (χ1v) is 4.67. The van der Waals surface area contributed by atoms with E-state index in [2.05, 4.69) is 10.4 Å². The molecule has 0 saturated heterocycles. The monoisotopic (exact) mass is 207 g/mol. The lowest BCUT2D eigenvalue weighted by atomic mass is 10.3. The number of nitrogens with one attached hydrogen (secondary N) is 1. The van der Waals surface area contributed by atoms with Gasteiger partial charge in [0.2, 0.25) is 0 Å². The van der Waals surface area contributed by atoms with Crippen LogP contribution in [0.15, 0.2) is 36.5 Å². The van der Waals surface area contributed by atoms with E-state index in [1.807, 2.05) is 37.4 Å². The van der Waals surface area contributed by atoms with E-state index in [0.717, 1.165) is 11.5 Å². The highest BCUT2D eigenvalue weighted by molar-refractivity contribution is 6.30. The fourth-order valence-electron chi connectivity index (χ4n) is 1.31. The van der Waals surface area contributed by atoms with Crippen LogP contribution in [0, 0.1) is 0 Å². The number of benzene rings is 1. The van der Waals surface area contributed by atoms with E-state index < -0.39 is 0 Å². The highest BCUT2D eigenvalue weighted by Crippen LogP contribution is 2.17. The maximum Gasteiger partial charge on any atom is 0.129 e. The minimum Gasteiger partial charge on any atom is -0.373 e. The fraction of sp³-hybridized carbons (Fsp3) is 0.100. The molecule has 1 heterocycles. The van der Waals surface area contributed by atoms with Crippen molar-refractivity contribution >= 4 is 17.4 Å². The maximum absolute atomic E-state index is 5.90. The van der Waals surface area contributed by atoms with E-state index in [-0.39, 0.29) is 0 Å². The molecule has 0 saturated carbocycles. The van der Waals surface area contributed by atoms with Crippen molar-refractivity contribution < 1.29 is 0 Å². The molecule has 14 heavy (non-hydrogen) atoms. The SMILES string of the molecule is CNc1ccnn1-c1cccc(Cl)c1. The standard InChI is InChI=1S/C10H10ClN3/c1-12-10-5-6-13-14(10)9-4-2-3-8(11)7-9/h2-7,12H,1H3. The number of hydrogen-bond acceptors (Lipinski definition) is 2. The lowest BCUT2D eigenvalue weighted by Gasteiger charge is -2.06. The highest BCUT2D eigenvalue weighted by Gasteiger charge is 2.02. The maximum atomic E-state index is 5.90. The van der Waals surface area contributed by atoms with Gasteiger partial charge in [0, 0.05) is 18.1 Å². The van der Waals surface area contributed by atoms with Crippen LogP contribution in [-0.4, -0.2) is 16.8 Å². The molecule has 0 atom stereocenters. The molecule has 1 aromatic heterocycles. The van der Waals surface area contributed by atoms with Gasteiger partial charge in [-0.25, -0.2) is 4.68 Å². The molecule has 0 aliphatic rings. The van der Waals surface area contributed by atoms with Crippen molar-refractivity contribution in [2.24, 2.45) is 0 Å². The average Bonchev–Trinajstić information content (AvgIpc) is 2.65. The second-order valence-corrected chi connectivity index (χ2v) is 3.29. The van der Waals surface area contributed by atoms with E-state index in [4.69, 9.17) is 11.6 Å². The number of rotatable bonds is 2. The van der Waals surface area contributed by atoms with Crippen LogP contribution < -0.4 is 5.32 Å². The Hall–Kier alpha value is -1.48. The van der Waals surface area contributed by atoms with Crippen molar-refractivity contribution in [3.63, 3.8) is 0 Å². The zero-order chi connectivity index (χ0) is 9.97.